The van der Waals surface area contributed by atoms with Crippen molar-refractivity contribution in [1.82, 2.24) is 4.57 Å². The number of nitrogens with one attached hydrogen (secondary N) is 1. The van der Waals surface area contributed by atoms with Crippen LogP contribution < -0.4 is 10.7 Å². The van der Waals surface area contributed by atoms with Crippen LogP contribution in [0.4, 0.5) is 5.69 Å². The summed E-state index contributed by atoms with van der Waals surface area (Å²) in [4.78, 5) is 48.9. The van der Waals surface area contributed by atoms with Crippen molar-refractivity contribution in [2.75, 3.05) is 20.3 Å². The lowest BCUT2D eigenvalue weighted by Crippen LogP contribution is -2.55. The molecule has 2 aromatic rings. The van der Waals surface area contributed by atoms with Crippen LogP contribution in [0.15, 0.2) is 41.3 Å². The Labute approximate surface area is 167 Å². The third kappa shape index (κ3) is 4.94. The number of ether oxygens (including phenoxy) is 3. The number of nitrogens with zero attached hydrogens (tertiary/aromatic N) is 1. The fraction of sp³-hybridized carbons (Fsp3) is 0.350. The van der Waals surface area contributed by atoms with E-state index in [0.29, 0.717) is 16.9 Å². The first kappa shape index (κ1) is 22.0. The molecule has 1 aromatic heterocycles. The Balaban J connectivity index is 2.63. The Kier molecular flexibility index (Phi) is 7.79. The standard InChI is InChI=1S/C20H22N2O7/c1-4-28-19(24)17(20(25)29-5-2)15-7-6-10-22(18(15)23)16-9-8-14(21-26)11-13(16)12-27-3/h6-11,17H,4-5,12H2,1-3H3/p+1. The second-order valence-electron chi connectivity index (χ2n) is 5.95. The summed E-state index contributed by atoms with van der Waals surface area (Å²) in [6.07, 6.45) is 1.50. The fourth-order valence-electron chi connectivity index (χ4n) is 2.88. The molecule has 0 bridgehead atoms. The van der Waals surface area contributed by atoms with Crippen molar-refractivity contribution in [3.05, 3.63) is 62.9 Å². The second-order valence-corrected chi connectivity index (χ2v) is 5.95. The van der Waals surface area contributed by atoms with Crippen molar-refractivity contribution in [3.8, 4) is 5.69 Å². The summed E-state index contributed by atoms with van der Waals surface area (Å²) in [5.74, 6) is -3.21. The molecule has 9 heteroatoms. The van der Waals surface area contributed by atoms with Crippen LogP contribution in [0.2, 0.25) is 0 Å². The van der Waals surface area contributed by atoms with Crippen LogP contribution in [0.3, 0.4) is 0 Å². The normalized spacial score (nSPS) is 10.6. The predicted octanol–water partition coefficient (Wildman–Crippen LogP) is 0.672. The highest BCUT2D eigenvalue weighted by Crippen LogP contribution is 2.20. The average molecular weight is 403 g/mol. The number of aromatic nitrogens is 1. The topological polar surface area (TPSA) is 115 Å². The number of methoxy groups -OCH3 is 1. The second kappa shape index (κ2) is 10.3. The summed E-state index contributed by atoms with van der Waals surface area (Å²) in [5, 5.41) is 1.79. The minimum absolute atomic E-state index is 0.0530. The quantitative estimate of drug-likeness (QED) is 0.483. The van der Waals surface area contributed by atoms with Crippen LogP contribution in [0.1, 0.15) is 30.9 Å². The SMILES string of the molecule is CCOC(=O)C(C(=O)OCC)c1cccn(-c2ccc([NH+]=O)cc2COC)c1=O. The molecule has 0 fully saturated rings. The molecule has 1 N–H and O–H groups in total. The van der Waals surface area contributed by atoms with Gasteiger partial charge in [0.15, 0.2) is 5.92 Å². The van der Waals surface area contributed by atoms with Crippen molar-refractivity contribution in [1.29, 1.82) is 0 Å². The third-order valence-corrected chi connectivity index (χ3v) is 4.09. The highest BCUT2D eigenvalue weighted by atomic mass is 16.6. The van der Waals surface area contributed by atoms with Gasteiger partial charge >= 0.3 is 11.9 Å². The van der Waals surface area contributed by atoms with Gasteiger partial charge in [-0.2, -0.15) is 0 Å². The van der Waals surface area contributed by atoms with Gasteiger partial charge in [-0.25, -0.2) is 0 Å². The van der Waals surface area contributed by atoms with E-state index in [2.05, 4.69) is 0 Å². The number of pyridine rings is 1. The lowest BCUT2D eigenvalue weighted by molar-refractivity contribution is -0.379. The summed E-state index contributed by atoms with van der Waals surface area (Å²) < 4.78 is 16.4. The minimum atomic E-state index is -1.50. The molecule has 0 aliphatic heterocycles. The maximum atomic E-state index is 13.2. The van der Waals surface area contributed by atoms with Crippen LogP contribution >= 0.6 is 0 Å². The van der Waals surface area contributed by atoms with E-state index < -0.39 is 23.4 Å². The smallest absolute Gasteiger partial charge is 0.325 e. The Hall–Kier alpha value is -3.33. The molecule has 9 nitrogen and oxygen atoms in total. The molecule has 0 radical (unpaired) electrons. The lowest BCUT2D eigenvalue weighted by atomic mass is 10.0. The molecular weight excluding hydrogens is 380 g/mol. The van der Waals surface area contributed by atoms with Crippen LogP contribution in [-0.2, 0) is 30.4 Å². The van der Waals surface area contributed by atoms with Gasteiger partial charge < -0.3 is 14.2 Å². The number of hydrogen-bond acceptors (Lipinski definition) is 7. The van der Waals surface area contributed by atoms with E-state index in [9.17, 15) is 19.3 Å². The van der Waals surface area contributed by atoms with Crippen LogP contribution in [-0.4, -0.2) is 36.8 Å². The summed E-state index contributed by atoms with van der Waals surface area (Å²) in [6, 6.07) is 7.57. The zero-order valence-electron chi connectivity index (χ0n) is 16.5. The molecule has 0 aliphatic carbocycles. The Bertz CT molecular complexity index is 934. The zero-order valence-corrected chi connectivity index (χ0v) is 16.5. The summed E-state index contributed by atoms with van der Waals surface area (Å²) in [7, 11) is 1.48. The van der Waals surface area contributed by atoms with Crippen LogP contribution in [0.5, 0.6) is 0 Å². The van der Waals surface area contributed by atoms with Crippen molar-refractivity contribution < 1.29 is 29.0 Å². The van der Waals surface area contributed by atoms with Gasteiger partial charge in [-0.05, 0) is 26.0 Å². The summed E-state index contributed by atoms with van der Waals surface area (Å²) in [5.41, 5.74) is 0.666. The van der Waals surface area contributed by atoms with Crippen molar-refractivity contribution in [3.63, 3.8) is 0 Å². The number of nitroso groups, excluding NO2 is 1. The maximum Gasteiger partial charge on any atom is 0.325 e. The molecule has 0 saturated heterocycles. The first-order valence-corrected chi connectivity index (χ1v) is 9.03. The lowest BCUT2D eigenvalue weighted by Gasteiger charge is -2.16. The largest absolute Gasteiger partial charge is 0.465 e. The first-order valence-electron chi connectivity index (χ1n) is 9.03. The van der Waals surface area contributed by atoms with E-state index in [1.807, 2.05) is 0 Å². The van der Waals surface area contributed by atoms with E-state index in [1.165, 1.54) is 30.0 Å². The van der Waals surface area contributed by atoms with E-state index in [1.54, 1.807) is 37.2 Å². The van der Waals surface area contributed by atoms with Gasteiger partial charge in [0.05, 0.1) is 25.5 Å². The predicted molar refractivity (Wildman–Crippen MR) is 103 cm³/mol. The van der Waals surface area contributed by atoms with Gasteiger partial charge in [0, 0.05) is 46.7 Å². The number of carbonyl (C=O) groups excluding carboxylic acids is 2. The van der Waals surface area contributed by atoms with Crippen LogP contribution in [0.25, 0.3) is 5.69 Å². The number of hydrogen-bond donors (Lipinski definition) is 1. The molecule has 1 aromatic carbocycles. The Morgan fingerprint density at radius 2 is 1.76 bits per heavy atom. The molecule has 1 heterocycles. The highest BCUT2D eigenvalue weighted by Gasteiger charge is 2.34. The summed E-state index contributed by atoms with van der Waals surface area (Å²) >= 11 is 0. The zero-order chi connectivity index (χ0) is 21.4. The van der Waals surface area contributed by atoms with E-state index in [0.717, 1.165) is 0 Å². The van der Waals surface area contributed by atoms with Gasteiger partial charge in [-0.1, -0.05) is 6.07 Å². The van der Waals surface area contributed by atoms with Crippen molar-refractivity contribution in [2.45, 2.75) is 26.4 Å². The number of esters is 2. The molecule has 0 saturated carbocycles. The minimum Gasteiger partial charge on any atom is -0.465 e. The molecule has 0 unspecified atom stereocenters. The molecule has 0 aliphatic rings. The number of carbonyl (C=O) groups is 2. The first-order chi connectivity index (χ1) is 14.0. The van der Waals surface area contributed by atoms with Gasteiger partial charge in [0.1, 0.15) is 0 Å². The fourth-order valence-corrected chi connectivity index (χ4v) is 2.88. The molecule has 154 valence electrons. The molecule has 0 spiro atoms. The van der Waals surface area contributed by atoms with Crippen molar-refractivity contribution in [2.24, 2.45) is 0 Å². The molecule has 0 amide bonds. The average Bonchev–Trinajstić information content (AvgIpc) is 2.70. The van der Waals surface area contributed by atoms with Gasteiger partial charge in [-0.3, -0.25) is 19.0 Å². The third-order valence-electron chi connectivity index (χ3n) is 4.09. The van der Waals surface area contributed by atoms with E-state index >= 15 is 0 Å². The summed E-state index contributed by atoms with van der Waals surface area (Å²) in [6.45, 7) is 3.45. The van der Waals surface area contributed by atoms with Gasteiger partial charge in [-0.15, -0.1) is 0 Å². The molecule has 0 atom stereocenters. The maximum absolute atomic E-state index is 13.2. The highest BCUT2D eigenvalue weighted by molar-refractivity contribution is 6.00. The Morgan fingerprint density at radius 1 is 1.10 bits per heavy atom. The number of benzene rings is 1. The van der Waals surface area contributed by atoms with E-state index in [4.69, 9.17) is 14.2 Å². The van der Waals surface area contributed by atoms with Gasteiger partial charge in [0.25, 0.3) is 11.2 Å². The van der Waals surface area contributed by atoms with Crippen molar-refractivity contribution >= 4 is 17.6 Å². The monoisotopic (exact) mass is 403 g/mol. The Morgan fingerprint density at radius 3 is 2.31 bits per heavy atom. The molecule has 29 heavy (non-hydrogen) atoms. The van der Waals surface area contributed by atoms with E-state index in [-0.39, 0.29) is 25.4 Å². The number of rotatable bonds is 9. The van der Waals surface area contributed by atoms with Gasteiger partial charge in [0.2, 0.25) is 0 Å². The molecular formula is C20H23N2O7+. The van der Waals surface area contributed by atoms with Crippen LogP contribution in [0, 0.1) is 4.91 Å². The molecule has 2 rings (SSSR count).